The predicted octanol–water partition coefficient (Wildman–Crippen LogP) is 1.47. The number of amides is 1. The number of aryl methyl sites for hydroxylation is 2. The number of pyridine rings is 1. The number of hydrogen-bond donors (Lipinski definition) is 3. The summed E-state index contributed by atoms with van der Waals surface area (Å²) >= 11 is 1.72. The molecule has 1 aromatic heterocycles. The summed E-state index contributed by atoms with van der Waals surface area (Å²) in [5.74, 6) is 1.64. The van der Waals surface area contributed by atoms with Gasteiger partial charge >= 0.3 is 0 Å². The molecule has 0 saturated carbocycles. The predicted molar refractivity (Wildman–Crippen MR) is 95.0 cm³/mol. The van der Waals surface area contributed by atoms with Crippen LogP contribution in [0.4, 0.5) is 0 Å². The van der Waals surface area contributed by atoms with Gasteiger partial charge in [-0.1, -0.05) is 6.07 Å². The summed E-state index contributed by atoms with van der Waals surface area (Å²) in [4.78, 5) is 27.1. The molecule has 1 aliphatic heterocycles. The molecule has 1 aliphatic rings. The molecule has 2 aromatic rings. The molecule has 1 amide bonds. The van der Waals surface area contributed by atoms with Gasteiger partial charge in [0.25, 0.3) is 5.56 Å². The van der Waals surface area contributed by atoms with Crippen LogP contribution in [0.25, 0.3) is 10.9 Å². The highest BCUT2D eigenvalue weighted by Gasteiger charge is 2.21. The Balaban J connectivity index is 1.71. The number of carbonyl (C=O) groups excluding carboxylic acids is 1. The molecule has 3 N–H and O–H groups in total. The molecule has 0 aliphatic carbocycles. The molecule has 2 heterocycles. The van der Waals surface area contributed by atoms with Gasteiger partial charge in [-0.3, -0.25) is 14.9 Å². The van der Waals surface area contributed by atoms with E-state index in [0.717, 1.165) is 33.7 Å². The van der Waals surface area contributed by atoms with E-state index in [1.165, 1.54) is 0 Å². The lowest BCUT2D eigenvalue weighted by molar-refractivity contribution is -0.122. The number of rotatable bonds is 4. The maximum absolute atomic E-state index is 12.2. The van der Waals surface area contributed by atoms with Crippen LogP contribution in [0.2, 0.25) is 0 Å². The molecule has 1 fully saturated rings. The molecule has 6 heteroatoms. The van der Waals surface area contributed by atoms with Gasteiger partial charge in [0.2, 0.25) is 5.91 Å². The summed E-state index contributed by atoms with van der Waals surface area (Å²) in [6.07, 6.45) is 0.532. The Kier molecular flexibility index (Phi) is 4.73. The number of thioether (sulfide) groups is 1. The zero-order valence-electron chi connectivity index (χ0n) is 13.4. The summed E-state index contributed by atoms with van der Waals surface area (Å²) in [6, 6.07) is 5.92. The van der Waals surface area contributed by atoms with Crippen molar-refractivity contribution in [2.24, 2.45) is 0 Å². The van der Waals surface area contributed by atoms with Gasteiger partial charge in [0, 0.05) is 34.6 Å². The van der Waals surface area contributed by atoms with Crippen molar-refractivity contribution in [3.05, 3.63) is 45.2 Å². The molecule has 1 atom stereocenters. The van der Waals surface area contributed by atoms with Crippen molar-refractivity contribution in [3.63, 3.8) is 0 Å². The SMILES string of the molecule is Cc1cc(C)c2cc(CCNC(=O)C3CSCN3)c(=O)[nH]c2c1. The Morgan fingerprint density at radius 2 is 2.17 bits per heavy atom. The number of aromatic nitrogens is 1. The number of fused-ring (bicyclic) bond motifs is 1. The van der Waals surface area contributed by atoms with Gasteiger partial charge in [0.1, 0.15) is 0 Å². The van der Waals surface area contributed by atoms with Crippen LogP contribution in [0.1, 0.15) is 16.7 Å². The first-order valence-corrected chi connectivity index (χ1v) is 8.92. The van der Waals surface area contributed by atoms with Crippen LogP contribution >= 0.6 is 11.8 Å². The van der Waals surface area contributed by atoms with Crippen LogP contribution in [-0.2, 0) is 11.2 Å². The van der Waals surface area contributed by atoms with Gasteiger partial charge in [-0.2, -0.15) is 0 Å². The molecule has 1 saturated heterocycles. The average Bonchev–Trinajstić information content (AvgIpc) is 3.02. The minimum absolute atomic E-state index is 0.0130. The Bertz CT molecular complexity index is 794. The van der Waals surface area contributed by atoms with Gasteiger partial charge in [-0.15, -0.1) is 11.8 Å². The summed E-state index contributed by atoms with van der Waals surface area (Å²) in [5, 5.41) is 7.10. The summed E-state index contributed by atoms with van der Waals surface area (Å²) in [6.45, 7) is 4.54. The lowest BCUT2D eigenvalue weighted by Gasteiger charge is -2.11. The normalized spacial score (nSPS) is 17.6. The highest BCUT2D eigenvalue weighted by Crippen LogP contribution is 2.18. The molecular weight excluding hydrogens is 310 g/mol. The van der Waals surface area contributed by atoms with E-state index in [-0.39, 0.29) is 17.5 Å². The minimum Gasteiger partial charge on any atom is -0.354 e. The standard InChI is InChI=1S/C17H21N3O2S/c1-10-5-11(2)13-7-12(16(21)20-14(13)6-10)3-4-18-17(22)15-8-23-9-19-15/h5-7,15,19H,3-4,8-9H2,1-2H3,(H,18,22)(H,20,21). The number of benzene rings is 1. The Labute approximate surface area is 139 Å². The number of hydrogen-bond acceptors (Lipinski definition) is 4. The Hall–Kier alpha value is -1.79. The monoisotopic (exact) mass is 331 g/mol. The lowest BCUT2D eigenvalue weighted by Crippen LogP contribution is -2.42. The molecular formula is C17H21N3O2S. The second kappa shape index (κ2) is 6.76. The van der Waals surface area contributed by atoms with Crippen LogP contribution in [0.15, 0.2) is 23.0 Å². The minimum atomic E-state index is -0.111. The lowest BCUT2D eigenvalue weighted by atomic mass is 10.0. The smallest absolute Gasteiger partial charge is 0.251 e. The molecule has 122 valence electrons. The van der Waals surface area contributed by atoms with Gasteiger partial charge in [0.05, 0.1) is 6.04 Å². The Morgan fingerprint density at radius 1 is 1.35 bits per heavy atom. The third-order valence-electron chi connectivity index (χ3n) is 4.12. The fourth-order valence-electron chi connectivity index (χ4n) is 2.91. The van der Waals surface area contributed by atoms with Crippen LogP contribution in [0.3, 0.4) is 0 Å². The number of aromatic amines is 1. The van der Waals surface area contributed by atoms with Gasteiger partial charge in [0.15, 0.2) is 0 Å². The van der Waals surface area contributed by atoms with E-state index in [2.05, 4.69) is 21.7 Å². The van der Waals surface area contributed by atoms with E-state index in [1.54, 1.807) is 11.8 Å². The molecule has 1 unspecified atom stereocenters. The maximum atomic E-state index is 12.2. The zero-order chi connectivity index (χ0) is 16.4. The molecule has 23 heavy (non-hydrogen) atoms. The van der Waals surface area contributed by atoms with E-state index in [4.69, 9.17) is 0 Å². The Morgan fingerprint density at radius 3 is 2.91 bits per heavy atom. The van der Waals surface area contributed by atoms with E-state index >= 15 is 0 Å². The topological polar surface area (TPSA) is 74.0 Å². The molecule has 0 radical (unpaired) electrons. The molecule has 1 aromatic carbocycles. The van der Waals surface area contributed by atoms with Crippen molar-refractivity contribution in [3.8, 4) is 0 Å². The quantitative estimate of drug-likeness (QED) is 0.793. The summed E-state index contributed by atoms with van der Waals surface area (Å²) in [7, 11) is 0. The largest absolute Gasteiger partial charge is 0.354 e. The third-order valence-corrected chi connectivity index (χ3v) is 5.06. The summed E-state index contributed by atoms with van der Waals surface area (Å²) < 4.78 is 0. The second-order valence-corrected chi connectivity index (χ2v) is 7.01. The fraction of sp³-hybridized carbons (Fsp3) is 0.412. The average molecular weight is 331 g/mol. The molecule has 5 nitrogen and oxygen atoms in total. The summed E-state index contributed by atoms with van der Waals surface area (Å²) in [5.41, 5.74) is 3.78. The van der Waals surface area contributed by atoms with E-state index in [0.29, 0.717) is 18.5 Å². The number of H-pyrrole nitrogens is 1. The van der Waals surface area contributed by atoms with Crippen molar-refractivity contribution >= 4 is 28.6 Å². The molecule has 3 rings (SSSR count). The molecule has 0 spiro atoms. The van der Waals surface area contributed by atoms with E-state index in [9.17, 15) is 9.59 Å². The zero-order valence-corrected chi connectivity index (χ0v) is 14.2. The van der Waals surface area contributed by atoms with Gasteiger partial charge in [-0.05, 0) is 43.5 Å². The maximum Gasteiger partial charge on any atom is 0.251 e. The van der Waals surface area contributed by atoms with Crippen molar-refractivity contribution < 1.29 is 4.79 Å². The van der Waals surface area contributed by atoms with Gasteiger partial charge in [-0.25, -0.2) is 0 Å². The highest BCUT2D eigenvalue weighted by molar-refractivity contribution is 7.99. The highest BCUT2D eigenvalue weighted by atomic mass is 32.2. The van der Waals surface area contributed by atoms with Gasteiger partial charge < -0.3 is 10.3 Å². The van der Waals surface area contributed by atoms with Crippen LogP contribution in [-0.4, -0.2) is 35.1 Å². The second-order valence-electron chi connectivity index (χ2n) is 5.98. The number of carbonyl (C=O) groups is 1. The van der Waals surface area contributed by atoms with Crippen molar-refractivity contribution in [1.82, 2.24) is 15.6 Å². The van der Waals surface area contributed by atoms with Crippen molar-refractivity contribution in [1.29, 1.82) is 0 Å². The van der Waals surface area contributed by atoms with Crippen LogP contribution in [0.5, 0.6) is 0 Å². The fourth-order valence-corrected chi connectivity index (χ4v) is 3.85. The first-order valence-electron chi connectivity index (χ1n) is 7.76. The molecule has 0 bridgehead atoms. The van der Waals surface area contributed by atoms with Crippen LogP contribution < -0.4 is 16.2 Å². The van der Waals surface area contributed by atoms with Crippen LogP contribution in [0, 0.1) is 13.8 Å². The first kappa shape index (κ1) is 16.1. The van der Waals surface area contributed by atoms with Crippen molar-refractivity contribution in [2.45, 2.75) is 26.3 Å². The third kappa shape index (κ3) is 3.59. The first-order chi connectivity index (χ1) is 11.0. The van der Waals surface area contributed by atoms with Crippen molar-refractivity contribution in [2.75, 3.05) is 18.2 Å². The van der Waals surface area contributed by atoms with E-state index in [1.807, 2.05) is 26.0 Å². The van der Waals surface area contributed by atoms with E-state index < -0.39 is 0 Å². The number of nitrogens with one attached hydrogen (secondary N) is 3.